The number of halogens is 1. The van der Waals surface area contributed by atoms with Gasteiger partial charge in [-0.15, -0.1) is 0 Å². The van der Waals surface area contributed by atoms with E-state index in [0.29, 0.717) is 6.04 Å². The summed E-state index contributed by atoms with van der Waals surface area (Å²) < 4.78 is 13.2. The van der Waals surface area contributed by atoms with E-state index < -0.39 is 0 Å². The summed E-state index contributed by atoms with van der Waals surface area (Å²) in [6.45, 7) is 7.46. The lowest BCUT2D eigenvalue weighted by Gasteiger charge is -2.21. The zero-order valence-corrected chi connectivity index (χ0v) is 13.3. The molecule has 0 radical (unpaired) electrons. The first-order chi connectivity index (χ1) is 9.69. The highest BCUT2D eigenvalue weighted by Gasteiger charge is 2.13. The molecule has 0 saturated carbocycles. The second-order valence-corrected chi connectivity index (χ2v) is 5.71. The minimum Gasteiger partial charge on any atom is -0.310 e. The van der Waals surface area contributed by atoms with Crippen molar-refractivity contribution in [2.24, 2.45) is 0 Å². The molecule has 114 valence electrons. The van der Waals surface area contributed by atoms with Gasteiger partial charge in [0.25, 0.3) is 0 Å². The van der Waals surface area contributed by atoms with Crippen LogP contribution in [-0.2, 0) is 0 Å². The molecule has 0 aliphatic carbocycles. The van der Waals surface area contributed by atoms with Crippen molar-refractivity contribution >= 4 is 0 Å². The van der Waals surface area contributed by atoms with Gasteiger partial charge < -0.3 is 5.32 Å². The molecule has 0 saturated heterocycles. The summed E-state index contributed by atoms with van der Waals surface area (Å²) in [5.41, 5.74) is 2.32. The van der Waals surface area contributed by atoms with Gasteiger partial charge in [-0.1, -0.05) is 52.0 Å². The number of nitrogens with one attached hydrogen (secondary N) is 1. The van der Waals surface area contributed by atoms with Crippen molar-refractivity contribution in [3.05, 3.63) is 35.1 Å². The topological polar surface area (TPSA) is 12.0 Å². The predicted octanol–water partition coefficient (Wildman–Crippen LogP) is 5.54. The zero-order chi connectivity index (χ0) is 14.8. The molecule has 1 unspecified atom stereocenters. The van der Waals surface area contributed by atoms with E-state index in [1.54, 1.807) is 12.1 Å². The van der Waals surface area contributed by atoms with E-state index in [9.17, 15) is 4.39 Å². The van der Waals surface area contributed by atoms with E-state index in [2.05, 4.69) is 19.2 Å². The van der Waals surface area contributed by atoms with Crippen LogP contribution in [0.2, 0.25) is 0 Å². The average Bonchev–Trinajstić information content (AvgIpc) is 2.43. The molecule has 1 rings (SSSR count). The molecule has 20 heavy (non-hydrogen) atoms. The Hall–Kier alpha value is -0.890. The first-order valence-corrected chi connectivity index (χ1v) is 8.18. The minimum absolute atomic E-state index is 0.136. The van der Waals surface area contributed by atoms with Gasteiger partial charge in [0.15, 0.2) is 0 Å². The third kappa shape index (κ3) is 6.04. The number of aryl methyl sites for hydroxylation is 1. The second kappa shape index (κ2) is 9.93. The fourth-order valence-corrected chi connectivity index (χ4v) is 2.67. The zero-order valence-electron chi connectivity index (χ0n) is 13.3. The molecule has 1 N–H and O–H groups in total. The van der Waals surface area contributed by atoms with Gasteiger partial charge in [-0.2, -0.15) is 0 Å². The first kappa shape index (κ1) is 17.2. The van der Waals surface area contributed by atoms with Crippen molar-refractivity contribution in [2.45, 2.75) is 71.8 Å². The van der Waals surface area contributed by atoms with E-state index in [0.717, 1.165) is 24.9 Å². The number of rotatable bonds is 10. The third-order valence-electron chi connectivity index (χ3n) is 3.84. The van der Waals surface area contributed by atoms with Crippen LogP contribution in [-0.4, -0.2) is 6.54 Å². The van der Waals surface area contributed by atoms with Crippen LogP contribution in [0.4, 0.5) is 4.39 Å². The molecule has 0 fully saturated rings. The van der Waals surface area contributed by atoms with Gasteiger partial charge in [0.2, 0.25) is 0 Å². The van der Waals surface area contributed by atoms with Gasteiger partial charge in [-0.05, 0) is 49.6 Å². The Morgan fingerprint density at radius 2 is 1.80 bits per heavy atom. The molecule has 1 aromatic carbocycles. The molecule has 0 heterocycles. The number of benzene rings is 1. The lowest BCUT2D eigenvalue weighted by atomic mass is 9.96. The molecule has 0 spiro atoms. The normalized spacial score (nSPS) is 12.6. The largest absolute Gasteiger partial charge is 0.310 e. The van der Waals surface area contributed by atoms with Crippen molar-refractivity contribution < 1.29 is 4.39 Å². The molecule has 0 amide bonds. The van der Waals surface area contributed by atoms with Crippen LogP contribution in [0.1, 0.15) is 76.0 Å². The van der Waals surface area contributed by atoms with E-state index in [-0.39, 0.29) is 5.82 Å². The highest BCUT2D eigenvalue weighted by Crippen LogP contribution is 2.24. The van der Waals surface area contributed by atoms with Crippen molar-refractivity contribution in [1.29, 1.82) is 0 Å². The van der Waals surface area contributed by atoms with E-state index in [1.807, 2.05) is 13.0 Å². The van der Waals surface area contributed by atoms with Crippen LogP contribution in [0.15, 0.2) is 18.2 Å². The number of hydrogen-bond acceptors (Lipinski definition) is 1. The van der Waals surface area contributed by atoms with E-state index in [1.165, 1.54) is 37.7 Å². The highest BCUT2D eigenvalue weighted by atomic mass is 19.1. The molecule has 2 heteroatoms. The van der Waals surface area contributed by atoms with Crippen LogP contribution < -0.4 is 5.32 Å². The third-order valence-corrected chi connectivity index (χ3v) is 3.84. The van der Waals surface area contributed by atoms with Gasteiger partial charge in [-0.3, -0.25) is 0 Å². The quantitative estimate of drug-likeness (QED) is 0.555. The van der Waals surface area contributed by atoms with Gasteiger partial charge in [-0.25, -0.2) is 4.39 Å². The second-order valence-electron chi connectivity index (χ2n) is 5.71. The molecule has 1 atom stereocenters. The Kier molecular flexibility index (Phi) is 8.52. The number of unbranched alkanes of at least 4 members (excludes halogenated alkanes) is 4. The minimum atomic E-state index is -0.136. The van der Waals surface area contributed by atoms with Gasteiger partial charge in [0.05, 0.1) is 0 Å². The summed E-state index contributed by atoms with van der Waals surface area (Å²) >= 11 is 0. The van der Waals surface area contributed by atoms with Crippen LogP contribution in [0.5, 0.6) is 0 Å². The Morgan fingerprint density at radius 3 is 2.45 bits per heavy atom. The SMILES string of the molecule is CCCCCCCC(NCCC)c1ccc(F)cc1C. The fourth-order valence-electron chi connectivity index (χ4n) is 2.67. The summed E-state index contributed by atoms with van der Waals surface area (Å²) in [7, 11) is 0. The van der Waals surface area contributed by atoms with Crippen molar-refractivity contribution in [1.82, 2.24) is 5.32 Å². The van der Waals surface area contributed by atoms with Gasteiger partial charge >= 0.3 is 0 Å². The monoisotopic (exact) mass is 279 g/mol. The Balaban J connectivity index is 2.58. The van der Waals surface area contributed by atoms with Crippen molar-refractivity contribution in [2.75, 3.05) is 6.54 Å². The summed E-state index contributed by atoms with van der Waals surface area (Å²) in [5.74, 6) is -0.136. The number of hydrogen-bond donors (Lipinski definition) is 1. The maximum Gasteiger partial charge on any atom is 0.123 e. The first-order valence-electron chi connectivity index (χ1n) is 8.18. The standard InChI is InChI=1S/C18H30FN/c1-4-6-7-8-9-10-18(20-13-5-2)17-12-11-16(19)14-15(17)3/h11-12,14,18,20H,4-10,13H2,1-3H3. The molecule has 0 bridgehead atoms. The van der Waals surface area contributed by atoms with Crippen LogP contribution >= 0.6 is 0 Å². The molecule has 1 aromatic rings. The van der Waals surface area contributed by atoms with Crippen LogP contribution in [0, 0.1) is 12.7 Å². The van der Waals surface area contributed by atoms with Gasteiger partial charge in [0, 0.05) is 6.04 Å². The molecule has 0 aliphatic heterocycles. The molecule has 1 nitrogen and oxygen atoms in total. The Labute approximate surface area is 124 Å². The van der Waals surface area contributed by atoms with Crippen molar-refractivity contribution in [3.8, 4) is 0 Å². The predicted molar refractivity (Wildman–Crippen MR) is 85.5 cm³/mol. The smallest absolute Gasteiger partial charge is 0.123 e. The average molecular weight is 279 g/mol. The Morgan fingerprint density at radius 1 is 1.05 bits per heavy atom. The molecular formula is C18H30FN. The molecule has 0 aromatic heterocycles. The molecule has 0 aliphatic rings. The lowest BCUT2D eigenvalue weighted by Crippen LogP contribution is -2.23. The van der Waals surface area contributed by atoms with Crippen molar-refractivity contribution in [3.63, 3.8) is 0 Å². The summed E-state index contributed by atoms with van der Waals surface area (Å²) in [6.07, 6.45) is 8.79. The van der Waals surface area contributed by atoms with Crippen LogP contribution in [0.3, 0.4) is 0 Å². The van der Waals surface area contributed by atoms with E-state index >= 15 is 0 Å². The maximum absolute atomic E-state index is 13.2. The summed E-state index contributed by atoms with van der Waals surface area (Å²) in [5, 5.41) is 3.61. The summed E-state index contributed by atoms with van der Waals surface area (Å²) in [6, 6.07) is 5.55. The lowest BCUT2D eigenvalue weighted by molar-refractivity contribution is 0.466. The fraction of sp³-hybridized carbons (Fsp3) is 0.667. The van der Waals surface area contributed by atoms with Crippen LogP contribution in [0.25, 0.3) is 0 Å². The van der Waals surface area contributed by atoms with Gasteiger partial charge in [0.1, 0.15) is 5.82 Å². The maximum atomic E-state index is 13.2. The summed E-state index contributed by atoms with van der Waals surface area (Å²) in [4.78, 5) is 0. The molecular weight excluding hydrogens is 249 g/mol. The Bertz CT molecular complexity index is 376. The van der Waals surface area contributed by atoms with E-state index in [4.69, 9.17) is 0 Å². The highest BCUT2D eigenvalue weighted by molar-refractivity contribution is 5.29.